The molecule has 4 aromatic rings. The summed E-state index contributed by atoms with van der Waals surface area (Å²) in [7, 11) is 0. The van der Waals surface area contributed by atoms with Crippen LogP contribution in [0.3, 0.4) is 0 Å². The number of rotatable bonds is 7. The third-order valence-corrected chi connectivity index (χ3v) is 6.41. The zero-order valence-electron chi connectivity index (χ0n) is 19.8. The van der Waals surface area contributed by atoms with E-state index in [1.54, 1.807) is 6.07 Å². The van der Waals surface area contributed by atoms with E-state index < -0.39 is 0 Å². The van der Waals surface area contributed by atoms with Gasteiger partial charge in [-0.25, -0.2) is 9.97 Å². The van der Waals surface area contributed by atoms with Gasteiger partial charge in [0.15, 0.2) is 4.77 Å². The quantitative estimate of drug-likeness (QED) is 0.330. The van der Waals surface area contributed by atoms with Crippen LogP contribution in [0, 0.1) is 4.77 Å². The second kappa shape index (κ2) is 10.8. The van der Waals surface area contributed by atoms with Crippen LogP contribution < -0.4 is 10.6 Å². The minimum absolute atomic E-state index is 0.286. The first kappa shape index (κ1) is 23.8. The summed E-state index contributed by atoms with van der Waals surface area (Å²) in [5.74, 6) is -0.317. The third kappa shape index (κ3) is 5.33. The lowest BCUT2D eigenvalue weighted by atomic mass is 10.1. The maximum absolute atomic E-state index is 13.1. The number of amides is 1. The van der Waals surface area contributed by atoms with E-state index in [2.05, 4.69) is 37.1 Å². The van der Waals surface area contributed by atoms with Crippen molar-refractivity contribution in [3.05, 3.63) is 90.2 Å². The van der Waals surface area contributed by atoms with Gasteiger partial charge in [0.05, 0.1) is 17.1 Å². The highest BCUT2D eigenvalue weighted by Crippen LogP contribution is 2.28. The summed E-state index contributed by atoms with van der Waals surface area (Å²) in [5.41, 5.74) is 5.07. The summed E-state index contributed by atoms with van der Waals surface area (Å²) < 4.78 is 2.47. The predicted molar refractivity (Wildman–Crippen MR) is 145 cm³/mol. The van der Waals surface area contributed by atoms with Crippen molar-refractivity contribution in [1.82, 2.24) is 29.7 Å². The lowest BCUT2D eigenvalue weighted by Crippen LogP contribution is -2.44. The number of carbonyl (C=O) groups is 1. The van der Waals surface area contributed by atoms with Crippen molar-refractivity contribution in [1.29, 1.82) is 0 Å². The van der Waals surface area contributed by atoms with Gasteiger partial charge in [0, 0.05) is 55.7 Å². The van der Waals surface area contributed by atoms with Crippen molar-refractivity contribution in [2.24, 2.45) is 0 Å². The molecule has 1 saturated heterocycles. The van der Waals surface area contributed by atoms with Gasteiger partial charge in [-0.3, -0.25) is 14.3 Å². The Morgan fingerprint density at radius 1 is 1.06 bits per heavy atom. The van der Waals surface area contributed by atoms with Crippen molar-refractivity contribution < 1.29 is 4.79 Å². The Bertz CT molecular complexity index is 1440. The van der Waals surface area contributed by atoms with Gasteiger partial charge in [0.25, 0.3) is 5.91 Å². The first-order chi connectivity index (χ1) is 17.6. The van der Waals surface area contributed by atoms with Crippen LogP contribution in [0.15, 0.2) is 79.8 Å². The van der Waals surface area contributed by atoms with Gasteiger partial charge in [0.2, 0.25) is 0 Å². The number of hydrogen-bond acceptors (Lipinski definition) is 6. The largest absolute Gasteiger partial charge is 0.330 e. The summed E-state index contributed by atoms with van der Waals surface area (Å²) in [4.78, 5) is 27.2. The van der Waals surface area contributed by atoms with E-state index in [9.17, 15) is 4.79 Å². The Labute approximate surface area is 214 Å². The molecule has 8 nitrogen and oxygen atoms in total. The predicted octanol–water partition coefficient (Wildman–Crippen LogP) is 4.30. The molecule has 0 saturated carbocycles. The van der Waals surface area contributed by atoms with Gasteiger partial charge in [-0.05, 0) is 24.4 Å². The number of hydrogen-bond donors (Lipinski definition) is 3. The topological polar surface area (TPSA) is 90.9 Å². The molecule has 0 unspecified atom stereocenters. The van der Waals surface area contributed by atoms with Crippen LogP contribution in [0.5, 0.6) is 0 Å². The fourth-order valence-electron chi connectivity index (χ4n) is 4.23. The van der Waals surface area contributed by atoms with Gasteiger partial charge in [0.1, 0.15) is 12.0 Å². The lowest BCUT2D eigenvalue weighted by molar-refractivity contribution is 0.102. The van der Waals surface area contributed by atoms with Gasteiger partial charge < -0.3 is 15.6 Å². The Balaban J connectivity index is 1.37. The van der Waals surface area contributed by atoms with Gasteiger partial charge in [-0.2, -0.15) is 0 Å². The average molecular weight is 498 g/mol. The summed E-state index contributed by atoms with van der Waals surface area (Å²) >= 11 is 5.60. The van der Waals surface area contributed by atoms with E-state index >= 15 is 0 Å². The Kier molecular flexibility index (Phi) is 7.13. The maximum Gasteiger partial charge on any atom is 0.274 e. The average Bonchev–Trinajstić information content (AvgIpc) is 3.31. The smallest absolute Gasteiger partial charge is 0.274 e. The molecule has 0 radical (unpaired) electrons. The zero-order valence-corrected chi connectivity index (χ0v) is 20.6. The second-order valence-electron chi connectivity index (χ2n) is 8.59. The maximum atomic E-state index is 13.1. The summed E-state index contributed by atoms with van der Waals surface area (Å²) in [6.07, 6.45) is 3.35. The van der Waals surface area contributed by atoms with Crippen LogP contribution in [-0.4, -0.2) is 63.0 Å². The van der Waals surface area contributed by atoms with Gasteiger partial charge in [-0.1, -0.05) is 55.1 Å². The fourth-order valence-corrected chi connectivity index (χ4v) is 4.52. The number of nitrogens with zero attached hydrogens (tertiary/aromatic N) is 4. The molecule has 1 aliphatic rings. The standard InChI is InChI=1S/C27H27N7OS/c1-19(16-33-13-11-28-12-14-33)34-17-25(32-27(34)36)21-9-5-6-10-22(21)31-26(35)24-15-23(29-18-30-24)20-7-3-2-4-8-20/h2-10,15,17-18,28H,1,11-14,16H2,(H,31,35)(H,32,36). The van der Waals surface area contributed by atoms with E-state index in [1.165, 1.54) is 6.33 Å². The number of benzene rings is 2. The molecule has 5 rings (SSSR count). The number of aromatic amines is 1. The normalized spacial score (nSPS) is 13.9. The highest BCUT2D eigenvalue weighted by Gasteiger charge is 2.16. The number of H-pyrrole nitrogens is 1. The van der Waals surface area contributed by atoms with Crippen LogP contribution in [0.4, 0.5) is 5.69 Å². The summed E-state index contributed by atoms with van der Waals surface area (Å²) in [6, 6.07) is 19.0. The fraction of sp³-hybridized carbons (Fsp3) is 0.185. The molecule has 3 N–H and O–H groups in total. The van der Waals surface area contributed by atoms with E-state index in [4.69, 9.17) is 12.2 Å². The Morgan fingerprint density at radius 3 is 2.61 bits per heavy atom. The van der Waals surface area contributed by atoms with Crippen LogP contribution in [0.2, 0.25) is 0 Å². The SMILES string of the molecule is C=C(CN1CCNCC1)n1cc(-c2ccccc2NC(=O)c2cc(-c3ccccc3)ncn2)[nH]c1=S. The molecule has 2 aromatic heterocycles. The van der Waals surface area contributed by atoms with Crippen molar-refractivity contribution in [3.63, 3.8) is 0 Å². The number of aromatic nitrogens is 4. The molecule has 1 aliphatic heterocycles. The minimum Gasteiger partial charge on any atom is -0.330 e. The molecule has 182 valence electrons. The molecule has 2 aromatic carbocycles. The molecular weight excluding hydrogens is 470 g/mol. The molecule has 0 aliphatic carbocycles. The van der Waals surface area contributed by atoms with Crippen LogP contribution >= 0.6 is 12.2 Å². The molecule has 9 heteroatoms. The number of anilines is 1. The van der Waals surface area contributed by atoms with Crippen LogP contribution in [-0.2, 0) is 0 Å². The highest BCUT2D eigenvalue weighted by molar-refractivity contribution is 7.71. The first-order valence-electron chi connectivity index (χ1n) is 11.8. The molecule has 0 bridgehead atoms. The Hall–Kier alpha value is -3.92. The van der Waals surface area contributed by atoms with Crippen molar-refractivity contribution in [3.8, 4) is 22.5 Å². The number of piperazine rings is 1. The molecule has 1 amide bonds. The highest BCUT2D eigenvalue weighted by atomic mass is 32.1. The van der Waals surface area contributed by atoms with E-state index in [0.717, 1.165) is 55.2 Å². The Morgan fingerprint density at radius 2 is 1.81 bits per heavy atom. The lowest BCUT2D eigenvalue weighted by Gasteiger charge is -2.27. The van der Waals surface area contributed by atoms with Crippen LogP contribution in [0.1, 0.15) is 10.5 Å². The van der Waals surface area contributed by atoms with Crippen molar-refractivity contribution >= 4 is 29.5 Å². The van der Waals surface area contributed by atoms with E-state index in [1.807, 2.05) is 65.4 Å². The van der Waals surface area contributed by atoms with Crippen molar-refractivity contribution in [2.75, 3.05) is 38.0 Å². The van der Waals surface area contributed by atoms with E-state index in [0.29, 0.717) is 16.2 Å². The van der Waals surface area contributed by atoms with Gasteiger partial charge in [-0.15, -0.1) is 0 Å². The summed E-state index contributed by atoms with van der Waals surface area (Å²) in [6.45, 7) is 8.91. The molecule has 0 atom stereocenters. The second-order valence-corrected chi connectivity index (χ2v) is 8.98. The molecule has 3 heterocycles. The monoisotopic (exact) mass is 497 g/mol. The molecule has 0 spiro atoms. The molecular formula is C27H27N7OS. The third-order valence-electron chi connectivity index (χ3n) is 6.11. The minimum atomic E-state index is -0.317. The van der Waals surface area contributed by atoms with E-state index in [-0.39, 0.29) is 11.6 Å². The number of imidazole rings is 1. The van der Waals surface area contributed by atoms with Crippen molar-refractivity contribution in [2.45, 2.75) is 0 Å². The number of nitrogens with one attached hydrogen (secondary N) is 3. The molecule has 36 heavy (non-hydrogen) atoms. The number of para-hydroxylation sites is 1. The van der Waals surface area contributed by atoms with Crippen LogP contribution in [0.25, 0.3) is 28.2 Å². The molecule has 1 fully saturated rings. The summed E-state index contributed by atoms with van der Waals surface area (Å²) in [5, 5.41) is 6.36. The van der Waals surface area contributed by atoms with Gasteiger partial charge >= 0.3 is 0 Å². The first-order valence-corrected chi connectivity index (χ1v) is 12.2. The zero-order chi connectivity index (χ0) is 24.9. The number of carbonyl (C=O) groups excluding carboxylic acids is 1.